The van der Waals surface area contributed by atoms with Gasteiger partial charge < -0.3 is 15.1 Å². The summed E-state index contributed by atoms with van der Waals surface area (Å²) >= 11 is 0. The first-order valence-electron chi connectivity index (χ1n) is 6.91. The molecule has 0 amide bonds. The molecule has 2 aliphatic rings. The van der Waals surface area contributed by atoms with E-state index in [2.05, 4.69) is 4.90 Å². The lowest BCUT2D eigenvalue weighted by atomic mass is 10.00. The Kier molecular flexibility index (Phi) is 3.35. The van der Waals surface area contributed by atoms with Crippen molar-refractivity contribution in [2.45, 2.75) is 25.6 Å². The van der Waals surface area contributed by atoms with Gasteiger partial charge in [-0.25, -0.2) is 0 Å². The Bertz CT molecular complexity index is 534. The number of hydrogen-bond donors (Lipinski definition) is 2. The molecule has 1 aromatic rings. The summed E-state index contributed by atoms with van der Waals surface area (Å²) in [6.07, 6.45) is 1.70. The third-order valence-electron chi connectivity index (χ3n) is 4.61. The molecule has 20 heavy (non-hydrogen) atoms. The molecule has 0 bridgehead atoms. The molecule has 0 aromatic heterocycles. The topological polar surface area (TPSA) is 86.8 Å². The number of nitrogens with zero attached hydrogens (tertiary/aromatic N) is 2. The van der Waals surface area contributed by atoms with Gasteiger partial charge in [-0.3, -0.25) is 10.1 Å². The van der Waals surface area contributed by atoms with Gasteiger partial charge >= 0.3 is 0 Å². The molecule has 3 rings (SSSR count). The Morgan fingerprint density at radius 2 is 2.15 bits per heavy atom. The molecule has 3 unspecified atom stereocenters. The molecule has 1 aliphatic heterocycles. The van der Waals surface area contributed by atoms with Crippen molar-refractivity contribution in [3.8, 4) is 0 Å². The van der Waals surface area contributed by atoms with E-state index < -0.39 is 4.92 Å². The first kappa shape index (κ1) is 13.3. The van der Waals surface area contributed by atoms with E-state index in [9.17, 15) is 20.3 Å². The number of hydrogen-bond acceptors (Lipinski definition) is 5. The van der Waals surface area contributed by atoms with Crippen molar-refractivity contribution in [2.24, 2.45) is 11.8 Å². The van der Waals surface area contributed by atoms with Crippen LogP contribution in [0.4, 0.5) is 11.4 Å². The minimum atomic E-state index is -0.474. The SMILES string of the molecule is O=[N+]([O-])c1ccc(N2CC3CCC(O)C3C2)cc1CO. The van der Waals surface area contributed by atoms with Gasteiger partial charge in [-0.05, 0) is 30.9 Å². The van der Waals surface area contributed by atoms with Crippen LogP contribution in [-0.2, 0) is 6.61 Å². The fourth-order valence-electron chi connectivity index (χ4n) is 3.52. The third kappa shape index (κ3) is 2.14. The zero-order chi connectivity index (χ0) is 14.3. The Hall–Kier alpha value is -1.66. The van der Waals surface area contributed by atoms with Crippen LogP contribution in [0.1, 0.15) is 18.4 Å². The highest BCUT2D eigenvalue weighted by molar-refractivity contribution is 5.56. The van der Waals surface area contributed by atoms with Crippen LogP contribution >= 0.6 is 0 Å². The molecular formula is C14H18N2O4. The van der Waals surface area contributed by atoms with Gasteiger partial charge in [0.25, 0.3) is 5.69 Å². The molecule has 1 saturated carbocycles. The Balaban J connectivity index is 1.83. The average molecular weight is 278 g/mol. The highest BCUT2D eigenvalue weighted by atomic mass is 16.6. The Morgan fingerprint density at radius 1 is 1.35 bits per heavy atom. The third-order valence-corrected chi connectivity index (χ3v) is 4.61. The van der Waals surface area contributed by atoms with E-state index >= 15 is 0 Å². The van der Waals surface area contributed by atoms with Crippen molar-refractivity contribution >= 4 is 11.4 Å². The van der Waals surface area contributed by atoms with Crippen molar-refractivity contribution in [2.75, 3.05) is 18.0 Å². The summed E-state index contributed by atoms with van der Waals surface area (Å²) in [5.74, 6) is 0.820. The number of nitro groups is 1. The van der Waals surface area contributed by atoms with Crippen molar-refractivity contribution in [1.82, 2.24) is 0 Å². The lowest BCUT2D eigenvalue weighted by Crippen LogP contribution is -2.24. The Labute approximate surface area is 116 Å². The van der Waals surface area contributed by atoms with Crippen LogP contribution in [0.2, 0.25) is 0 Å². The zero-order valence-corrected chi connectivity index (χ0v) is 11.1. The monoisotopic (exact) mass is 278 g/mol. The van der Waals surface area contributed by atoms with Crippen LogP contribution in [-0.4, -0.2) is 34.3 Å². The van der Waals surface area contributed by atoms with Gasteiger partial charge in [-0.1, -0.05) is 0 Å². The molecule has 2 N–H and O–H groups in total. The maximum Gasteiger partial charge on any atom is 0.275 e. The van der Waals surface area contributed by atoms with Crippen molar-refractivity contribution < 1.29 is 15.1 Å². The normalized spacial score (nSPS) is 28.7. The van der Waals surface area contributed by atoms with Gasteiger partial charge in [0.1, 0.15) is 0 Å². The number of rotatable bonds is 3. The molecule has 3 atom stereocenters. The number of benzene rings is 1. The predicted molar refractivity (Wildman–Crippen MR) is 73.5 cm³/mol. The van der Waals surface area contributed by atoms with E-state index in [4.69, 9.17) is 0 Å². The number of aliphatic hydroxyl groups is 2. The summed E-state index contributed by atoms with van der Waals surface area (Å²) in [7, 11) is 0. The standard InChI is InChI=1S/C14H18N2O4/c17-8-10-5-11(2-3-13(10)16(19)20)15-6-9-1-4-14(18)12(9)7-15/h2-3,5,9,12,14,17-18H,1,4,6-8H2. The van der Waals surface area contributed by atoms with E-state index in [1.807, 2.05) is 0 Å². The summed E-state index contributed by atoms with van der Waals surface area (Å²) in [5.41, 5.74) is 1.18. The maximum atomic E-state index is 10.9. The molecule has 0 radical (unpaired) electrons. The predicted octanol–water partition coefficient (Wildman–Crippen LogP) is 1.29. The summed E-state index contributed by atoms with van der Waals surface area (Å²) in [5, 5.41) is 30.1. The van der Waals surface area contributed by atoms with Crippen LogP contribution in [0.3, 0.4) is 0 Å². The molecule has 0 spiro atoms. The van der Waals surface area contributed by atoms with Crippen LogP contribution in [0.15, 0.2) is 18.2 Å². The van der Waals surface area contributed by atoms with Gasteiger partial charge in [-0.15, -0.1) is 0 Å². The summed E-state index contributed by atoms with van der Waals surface area (Å²) in [4.78, 5) is 12.5. The first-order chi connectivity index (χ1) is 9.60. The Morgan fingerprint density at radius 3 is 2.80 bits per heavy atom. The quantitative estimate of drug-likeness (QED) is 0.642. The van der Waals surface area contributed by atoms with Crippen LogP contribution in [0.25, 0.3) is 0 Å². The molecular weight excluding hydrogens is 260 g/mol. The van der Waals surface area contributed by atoms with Gasteiger partial charge in [0.05, 0.1) is 23.2 Å². The molecule has 1 saturated heterocycles. The molecule has 6 heteroatoms. The smallest absolute Gasteiger partial charge is 0.275 e. The summed E-state index contributed by atoms with van der Waals surface area (Å²) in [6.45, 7) is 1.33. The van der Waals surface area contributed by atoms with Crippen LogP contribution < -0.4 is 4.90 Å². The lowest BCUT2D eigenvalue weighted by Gasteiger charge is -2.21. The van der Waals surface area contributed by atoms with Crippen molar-refractivity contribution in [3.05, 3.63) is 33.9 Å². The van der Waals surface area contributed by atoms with E-state index in [1.165, 1.54) is 6.07 Å². The molecule has 1 heterocycles. The molecule has 1 aromatic carbocycles. The number of fused-ring (bicyclic) bond motifs is 1. The number of aliphatic hydroxyl groups excluding tert-OH is 2. The highest BCUT2D eigenvalue weighted by Gasteiger charge is 2.41. The second kappa shape index (κ2) is 5.03. The van der Waals surface area contributed by atoms with Crippen LogP contribution in [0, 0.1) is 22.0 Å². The number of nitro benzene ring substituents is 1. The lowest BCUT2D eigenvalue weighted by molar-refractivity contribution is -0.385. The fourth-order valence-corrected chi connectivity index (χ4v) is 3.52. The summed E-state index contributed by atoms with van der Waals surface area (Å²) in [6, 6.07) is 4.86. The minimum absolute atomic E-state index is 0.0457. The second-order valence-electron chi connectivity index (χ2n) is 5.70. The van der Waals surface area contributed by atoms with Crippen molar-refractivity contribution in [1.29, 1.82) is 0 Å². The second-order valence-corrected chi connectivity index (χ2v) is 5.70. The summed E-state index contributed by atoms with van der Waals surface area (Å²) < 4.78 is 0. The zero-order valence-electron chi connectivity index (χ0n) is 11.1. The van der Waals surface area contributed by atoms with Crippen LogP contribution in [0.5, 0.6) is 0 Å². The molecule has 108 valence electrons. The number of anilines is 1. The van der Waals surface area contributed by atoms with E-state index in [1.54, 1.807) is 12.1 Å². The minimum Gasteiger partial charge on any atom is -0.393 e. The van der Waals surface area contributed by atoms with E-state index in [0.29, 0.717) is 17.4 Å². The molecule has 2 fully saturated rings. The van der Waals surface area contributed by atoms with Gasteiger partial charge in [0.15, 0.2) is 0 Å². The molecule has 6 nitrogen and oxygen atoms in total. The van der Waals surface area contributed by atoms with E-state index in [-0.39, 0.29) is 18.4 Å². The largest absolute Gasteiger partial charge is 0.393 e. The van der Waals surface area contributed by atoms with Gasteiger partial charge in [0, 0.05) is 30.8 Å². The maximum absolute atomic E-state index is 10.9. The van der Waals surface area contributed by atoms with Gasteiger partial charge in [-0.2, -0.15) is 0 Å². The van der Waals surface area contributed by atoms with Crippen molar-refractivity contribution in [3.63, 3.8) is 0 Å². The highest BCUT2D eigenvalue weighted by Crippen LogP contribution is 2.40. The molecule has 1 aliphatic carbocycles. The first-order valence-corrected chi connectivity index (χ1v) is 6.91. The van der Waals surface area contributed by atoms with Gasteiger partial charge in [0.2, 0.25) is 0 Å². The van der Waals surface area contributed by atoms with E-state index in [0.717, 1.165) is 31.6 Å². The average Bonchev–Trinajstić information content (AvgIpc) is 3.00. The fraction of sp³-hybridized carbons (Fsp3) is 0.571.